The molecule has 8 heteroatoms. The van der Waals surface area contributed by atoms with Crippen molar-refractivity contribution in [1.29, 1.82) is 0 Å². The van der Waals surface area contributed by atoms with Crippen LogP contribution in [0.15, 0.2) is 70.6 Å². The fraction of sp³-hybridized carbons (Fsp3) is 0.174. The standard InChI is InChI=1S/C23H19ClFN3O2S/c24-20-12-19(28-6-4-16-10-18(25)1-2-21(16)28)11-17-14-27(7-8-31(30)23(17)20)13-15-3-5-26-22(29)9-15/h1-6,9-12H,7-8,13-14H2,(H,26,29). The minimum atomic E-state index is -1.21. The van der Waals surface area contributed by atoms with E-state index in [1.54, 1.807) is 18.3 Å². The highest BCUT2D eigenvalue weighted by atomic mass is 35.5. The monoisotopic (exact) mass is 455 g/mol. The number of rotatable bonds is 3. The number of pyridine rings is 1. The first-order chi connectivity index (χ1) is 15.0. The molecule has 0 saturated carbocycles. The summed E-state index contributed by atoms with van der Waals surface area (Å²) in [6, 6.07) is 13.8. The average molecular weight is 456 g/mol. The van der Waals surface area contributed by atoms with Crippen molar-refractivity contribution in [3.63, 3.8) is 0 Å². The number of benzene rings is 2. The van der Waals surface area contributed by atoms with E-state index >= 15 is 0 Å². The van der Waals surface area contributed by atoms with Crippen LogP contribution >= 0.6 is 11.6 Å². The van der Waals surface area contributed by atoms with Crippen molar-refractivity contribution in [3.8, 4) is 5.69 Å². The second kappa shape index (κ2) is 8.07. The number of nitrogens with one attached hydrogen (secondary N) is 1. The highest BCUT2D eigenvalue weighted by molar-refractivity contribution is 7.85. The van der Waals surface area contributed by atoms with Crippen LogP contribution in [0.3, 0.4) is 0 Å². The molecule has 0 spiro atoms. The smallest absolute Gasteiger partial charge is 0.248 e. The lowest BCUT2D eigenvalue weighted by Gasteiger charge is -2.20. The Morgan fingerprint density at radius 3 is 2.84 bits per heavy atom. The molecule has 5 rings (SSSR count). The molecule has 1 unspecified atom stereocenters. The molecule has 31 heavy (non-hydrogen) atoms. The lowest BCUT2D eigenvalue weighted by atomic mass is 10.1. The van der Waals surface area contributed by atoms with Gasteiger partial charge >= 0.3 is 0 Å². The molecule has 2 aromatic heterocycles. The second-order valence-corrected chi connectivity index (χ2v) is 9.54. The SMILES string of the molecule is O=c1cc(CN2CCS(=O)c3c(Cl)cc(-n4ccc5cc(F)ccc54)cc3C2)cc[nH]1. The normalized spacial score (nSPS) is 16.9. The minimum Gasteiger partial charge on any atom is -0.329 e. The van der Waals surface area contributed by atoms with Crippen LogP contribution in [0.1, 0.15) is 11.1 Å². The lowest BCUT2D eigenvalue weighted by molar-refractivity contribution is 0.274. The summed E-state index contributed by atoms with van der Waals surface area (Å²) in [6.45, 7) is 1.77. The third-order valence-corrected chi connectivity index (χ3v) is 7.40. The number of aromatic nitrogens is 2. The van der Waals surface area contributed by atoms with E-state index in [2.05, 4.69) is 9.88 Å². The van der Waals surface area contributed by atoms with E-state index in [0.29, 0.717) is 35.3 Å². The number of fused-ring (bicyclic) bond motifs is 2. The molecule has 3 heterocycles. The Morgan fingerprint density at radius 1 is 1.13 bits per heavy atom. The van der Waals surface area contributed by atoms with Crippen molar-refractivity contribution >= 4 is 33.3 Å². The van der Waals surface area contributed by atoms with E-state index in [1.165, 1.54) is 12.1 Å². The molecule has 1 aliphatic rings. The van der Waals surface area contributed by atoms with Crippen molar-refractivity contribution in [2.24, 2.45) is 0 Å². The molecule has 0 fully saturated rings. The van der Waals surface area contributed by atoms with Crippen molar-refractivity contribution in [3.05, 3.63) is 93.2 Å². The van der Waals surface area contributed by atoms with Crippen molar-refractivity contribution < 1.29 is 8.60 Å². The maximum absolute atomic E-state index is 13.6. The molecule has 0 bridgehead atoms. The summed E-state index contributed by atoms with van der Waals surface area (Å²) in [5.74, 6) is 0.192. The molecule has 0 aliphatic carbocycles. The number of halogens is 2. The summed E-state index contributed by atoms with van der Waals surface area (Å²) in [4.78, 5) is 17.1. The molecule has 1 atom stereocenters. The van der Waals surface area contributed by atoms with Crippen molar-refractivity contribution in [1.82, 2.24) is 14.5 Å². The van der Waals surface area contributed by atoms with E-state index in [1.807, 2.05) is 35.0 Å². The molecule has 158 valence electrons. The Bertz CT molecular complexity index is 1380. The Kier molecular flexibility index (Phi) is 5.25. The summed E-state index contributed by atoms with van der Waals surface area (Å²) in [7, 11) is -1.21. The first kappa shape index (κ1) is 20.2. The van der Waals surface area contributed by atoms with Gasteiger partial charge in [-0.05, 0) is 53.6 Å². The zero-order valence-corrected chi connectivity index (χ0v) is 18.0. The number of hydrogen-bond donors (Lipinski definition) is 1. The van der Waals surface area contributed by atoms with Crippen LogP contribution in [0.2, 0.25) is 5.02 Å². The van der Waals surface area contributed by atoms with Gasteiger partial charge in [-0.3, -0.25) is 13.9 Å². The molecule has 0 amide bonds. The molecular weight excluding hydrogens is 437 g/mol. The Balaban J connectivity index is 1.55. The number of H-pyrrole nitrogens is 1. The first-order valence-electron chi connectivity index (χ1n) is 9.86. The van der Waals surface area contributed by atoms with Crippen molar-refractivity contribution in [2.45, 2.75) is 18.0 Å². The Labute approximate surface area is 185 Å². The molecule has 0 saturated heterocycles. The largest absolute Gasteiger partial charge is 0.329 e. The summed E-state index contributed by atoms with van der Waals surface area (Å²) >= 11 is 6.61. The number of aromatic amines is 1. The Morgan fingerprint density at radius 2 is 2.00 bits per heavy atom. The topological polar surface area (TPSA) is 58.1 Å². The molecule has 0 radical (unpaired) electrons. The first-order valence-corrected chi connectivity index (χ1v) is 11.6. The second-order valence-electron chi connectivity index (χ2n) is 7.63. The predicted octanol–water partition coefficient (Wildman–Crippen LogP) is 4.23. The zero-order chi connectivity index (χ0) is 21.5. The van der Waals surface area contributed by atoms with Gasteiger partial charge in [0.25, 0.3) is 0 Å². The molecule has 1 aliphatic heterocycles. The molecule has 5 nitrogen and oxygen atoms in total. The fourth-order valence-corrected chi connectivity index (χ4v) is 5.91. The van der Waals surface area contributed by atoms with E-state index in [9.17, 15) is 13.4 Å². The van der Waals surface area contributed by atoms with Gasteiger partial charge in [-0.1, -0.05) is 11.6 Å². The van der Waals surface area contributed by atoms with Gasteiger partial charge in [-0.25, -0.2) is 4.39 Å². The van der Waals surface area contributed by atoms with E-state index in [-0.39, 0.29) is 11.4 Å². The van der Waals surface area contributed by atoms with Crippen LogP contribution in [0.25, 0.3) is 16.6 Å². The maximum atomic E-state index is 13.6. The van der Waals surface area contributed by atoms with Crippen LogP contribution in [0.5, 0.6) is 0 Å². The van der Waals surface area contributed by atoms with Gasteiger partial charge in [-0.15, -0.1) is 0 Å². The van der Waals surface area contributed by atoms with Crippen LogP contribution in [-0.2, 0) is 23.9 Å². The van der Waals surface area contributed by atoms with Gasteiger partial charge in [0.05, 0.1) is 26.2 Å². The summed E-state index contributed by atoms with van der Waals surface area (Å²) < 4.78 is 28.5. The van der Waals surface area contributed by atoms with Gasteiger partial charge in [-0.2, -0.15) is 0 Å². The quantitative estimate of drug-likeness (QED) is 0.503. The van der Waals surface area contributed by atoms with Gasteiger partial charge in [0, 0.05) is 54.9 Å². The van der Waals surface area contributed by atoms with Crippen LogP contribution in [-0.4, -0.2) is 31.0 Å². The molecule has 4 aromatic rings. The number of hydrogen-bond acceptors (Lipinski definition) is 3. The highest BCUT2D eigenvalue weighted by Crippen LogP contribution is 2.32. The van der Waals surface area contributed by atoms with Gasteiger partial charge < -0.3 is 9.55 Å². The highest BCUT2D eigenvalue weighted by Gasteiger charge is 2.23. The summed E-state index contributed by atoms with van der Waals surface area (Å²) in [5, 5.41) is 1.26. The third kappa shape index (κ3) is 3.96. The fourth-order valence-electron chi connectivity index (χ4n) is 4.10. The lowest BCUT2D eigenvalue weighted by Crippen LogP contribution is -2.25. The van der Waals surface area contributed by atoms with Gasteiger partial charge in [0.15, 0.2) is 0 Å². The zero-order valence-electron chi connectivity index (χ0n) is 16.5. The number of nitrogens with zero attached hydrogens (tertiary/aromatic N) is 2. The van der Waals surface area contributed by atoms with Gasteiger partial charge in [0.2, 0.25) is 5.56 Å². The molecular formula is C23H19ClFN3O2S. The van der Waals surface area contributed by atoms with Gasteiger partial charge in [0.1, 0.15) is 5.82 Å². The summed E-state index contributed by atoms with van der Waals surface area (Å²) in [6.07, 6.45) is 3.51. The molecule has 1 N–H and O–H groups in total. The van der Waals surface area contributed by atoms with Crippen molar-refractivity contribution in [2.75, 3.05) is 12.3 Å². The maximum Gasteiger partial charge on any atom is 0.248 e. The average Bonchev–Trinajstić information content (AvgIpc) is 3.07. The predicted molar refractivity (Wildman–Crippen MR) is 121 cm³/mol. The molecule has 2 aromatic carbocycles. The Hall–Kier alpha value is -2.74. The van der Waals surface area contributed by atoms with E-state index < -0.39 is 10.8 Å². The van der Waals surface area contributed by atoms with E-state index in [0.717, 1.165) is 27.7 Å². The van der Waals surface area contributed by atoms with Crippen LogP contribution in [0, 0.1) is 5.82 Å². The third-order valence-electron chi connectivity index (χ3n) is 5.50. The van der Waals surface area contributed by atoms with Crippen LogP contribution < -0.4 is 5.56 Å². The minimum absolute atomic E-state index is 0.141. The summed E-state index contributed by atoms with van der Waals surface area (Å²) in [5.41, 5.74) is 3.36. The van der Waals surface area contributed by atoms with Crippen LogP contribution in [0.4, 0.5) is 4.39 Å². The van der Waals surface area contributed by atoms with E-state index in [4.69, 9.17) is 11.6 Å².